The summed E-state index contributed by atoms with van der Waals surface area (Å²) in [6, 6.07) is 3.91. The predicted octanol–water partition coefficient (Wildman–Crippen LogP) is 2.47. The fourth-order valence-electron chi connectivity index (χ4n) is 1.13. The third-order valence-corrected chi connectivity index (χ3v) is 1.72. The lowest BCUT2D eigenvalue weighted by Crippen LogP contribution is -2.14. The van der Waals surface area contributed by atoms with Crippen molar-refractivity contribution in [2.24, 2.45) is 0 Å². The molecule has 1 heterocycles. The van der Waals surface area contributed by atoms with E-state index in [1.807, 2.05) is 19.9 Å². The van der Waals surface area contributed by atoms with E-state index in [1.54, 1.807) is 19.2 Å². The summed E-state index contributed by atoms with van der Waals surface area (Å²) in [6.45, 7) is 6.18. The zero-order valence-corrected chi connectivity index (χ0v) is 9.78. The maximum Gasteiger partial charge on any atom is 0.411 e. The van der Waals surface area contributed by atoms with E-state index in [0.717, 1.165) is 5.82 Å². The Morgan fingerprint density at radius 2 is 2.25 bits per heavy atom. The number of pyridine rings is 1. The summed E-state index contributed by atoms with van der Waals surface area (Å²) in [4.78, 5) is 15.2. The highest BCUT2D eigenvalue weighted by atomic mass is 16.5. The molecule has 1 amide bonds. The van der Waals surface area contributed by atoms with Gasteiger partial charge in [-0.1, -0.05) is 0 Å². The Labute approximate surface area is 95.2 Å². The Morgan fingerprint density at radius 3 is 2.75 bits per heavy atom. The van der Waals surface area contributed by atoms with Gasteiger partial charge in [0.1, 0.15) is 5.82 Å². The van der Waals surface area contributed by atoms with Gasteiger partial charge in [-0.15, -0.1) is 0 Å². The molecule has 1 rings (SSSR count). The zero-order chi connectivity index (χ0) is 12.0. The quantitative estimate of drug-likeness (QED) is 0.823. The fourth-order valence-corrected chi connectivity index (χ4v) is 1.13. The summed E-state index contributed by atoms with van der Waals surface area (Å²) in [5, 5.41) is 5.73. The average Bonchev–Trinajstić information content (AvgIpc) is 2.20. The smallest absolute Gasteiger partial charge is 0.411 e. The van der Waals surface area contributed by atoms with Crippen LogP contribution in [0, 0.1) is 0 Å². The standard InChI is InChI=1S/C11H17N3O2/c1-4-16-11(15)14-9-5-6-10(12-7-9)13-8(2)3/h5-8H,4H2,1-3H3,(H,12,13)(H,14,15). The molecule has 88 valence electrons. The van der Waals surface area contributed by atoms with Crippen LogP contribution >= 0.6 is 0 Å². The molecule has 1 aromatic rings. The van der Waals surface area contributed by atoms with Gasteiger partial charge in [-0.05, 0) is 32.9 Å². The monoisotopic (exact) mass is 223 g/mol. The molecule has 0 spiro atoms. The van der Waals surface area contributed by atoms with Crippen molar-refractivity contribution in [2.45, 2.75) is 26.8 Å². The largest absolute Gasteiger partial charge is 0.450 e. The lowest BCUT2D eigenvalue weighted by Gasteiger charge is -2.09. The van der Waals surface area contributed by atoms with Crippen LogP contribution in [-0.4, -0.2) is 23.7 Å². The van der Waals surface area contributed by atoms with Gasteiger partial charge in [-0.25, -0.2) is 9.78 Å². The predicted molar refractivity (Wildman–Crippen MR) is 63.6 cm³/mol. The maximum absolute atomic E-state index is 11.1. The lowest BCUT2D eigenvalue weighted by atomic mass is 10.3. The Balaban J connectivity index is 2.54. The van der Waals surface area contributed by atoms with E-state index in [4.69, 9.17) is 4.74 Å². The molecule has 0 atom stereocenters. The molecule has 5 nitrogen and oxygen atoms in total. The second kappa shape index (κ2) is 5.95. The zero-order valence-electron chi connectivity index (χ0n) is 9.78. The van der Waals surface area contributed by atoms with E-state index in [1.165, 1.54) is 0 Å². The molecule has 0 aliphatic heterocycles. The van der Waals surface area contributed by atoms with Gasteiger partial charge in [0, 0.05) is 6.04 Å². The second-order valence-corrected chi connectivity index (χ2v) is 3.58. The van der Waals surface area contributed by atoms with Crippen LogP contribution in [0.4, 0.5) is 16.3 Å². The fraction of sp³-hybridized carbons (Fsp3) is 0.455. The second-order valence-electron chi connectivity index (χ2n) is 3.58. The molecule has 5 heteroatoms. The molecule has 1 aromatic heterocycles. The third-order valence-electron chi connectivity index (χ3n) is 1.72. The number of hydrogen-bond acceptors (Lipinski definition) is 4. The lowest BCUT2D eigenvalue weighted by molar-refractivity contribution is 0.168. The van der Waals surface area contributed by atoms with Gasteiger partial charge >= 0.3 is 6.09 Å². The molecule has 0 aromatic carbocycles. The van der Waals surface area contributed by atoms with E-state index < -0.39 is 6.09 Å². The Bertz CT molecular complexity index is 336. The average molecular weight is 223 g/mol. The van der Waals surface area contributed by atoms with Crippen LogP contribution in [0.5, 0.6) is 0 Å². The summed E-state index contributed by atoms with van der Waals surface area (Å²) in [5.74, 6) is 0.782. The van der Waals surface area contributed by atoms with Gasteiger partial charge in [-0.2, -0.15) is 0 Å². The normalized spacial score (nSPS) is 10.0. The first kappa shape index (κ1) is 12.3. The molecule has 0 aliphatic rings. The van der Waals surface area contributed by atoms with Crippen molar-refractivity contribution in [2.75, 3.05) is 17.2 Å². The van der Waals surface area contributed by atoms with Crippen LogP contribution < -0.4 is 10.6 Å². The summed E-state index contributed by atoms with van der Waals surface area (Å²) < 4.78 is 4.75. The van der Waals surface area contributed by atoms with E-state index in [9.17, 15) is 4.79 Å². The minimum absolute atomic E-state index is 0.330. The highest BCUT2D eigenvalue weighted by Gasteiger charge is 2.02. The number of aromatic nitrogens is 1. The van der Waals surface area contributed by atoms with Crippen LogP contribution in [0.3, 0.4) is 0 Å². The highest BCUT2D eigenvalue weighted by Crippen LogP contribution is 2.10. The number of nitrogens with zero attached hydrogens (tertiary/aromatic N) is 1. The van der Waals surface area contributed by atoms with Crippen molar-refractivity contribution in [3.63, 3.8) is 0 Å². The first-order chi connectivity index (χ1) is 7.61. The summed E-state index contributed by atoms with van der Waals surface area (Å²) in [7, 11) is 0. The number of carbonyl (C=O) groups is 1. The summed E-state index contributed by atoms with van der Waals surface area (Å²) in [5.41, 5.74) is 0.618. The molecule has 0 unspecified atom stereocenters. The molecule has 0 fully saturated rings. The van der Waals surface area contributed by atoms with Gasteiger partial charge in [0.15, 0.2) is 0 Å². The van der Waals surface area contributed by atoms with E-state index in [0.29, 0.717) is 18.3 Å². The number of carbonyl (C=O) groups excluding carboxylic acids is 1. The third kappa shape index (κ3) is 4.16. The summed E-state index contributed by atoms with van der Waals surface area (Å²) in [6.07, 6.45) is 1.12. The van der Waals surface area contributed by atoms with Crippen LogP contribution in [-0.2, 0) is 4.74 Å². The molecule has 0 aliphatic carbocycles. The first-order valence-corrected chi connectivity index (χ1v) is 5.28. The molecule has 0 radical (unpaired) electrons. The van der Waals surface area contributed by atoms with Crippen molar-refractivity contribution in [1.29, 1.82) is 0 Å². The Kier molecular flexibility index (Phi) is 4.57. The minimum atomic E-state index is -0.464. The van der Waals surface area contributed by atoms with Crippen molar-refractivity contribution in [3.8, 4) is 0 Å². The van der Waals surface area contributed by atoms with Crippen LogP contribution in [0.1, 0.15) is 20.8 Å². The van der Waals surface area contributed by atoms with Crippen LogP contribution in [0.2, 0.25) is 0 Å². The van der Waals surface area contributed by atoms with Gasteiger partial charge < -0.3 is 10.1 Å². The first-order valence-electron chi connectivity index (χ1n) is 5.28. The van der Waals surface area contributed by atoms with Crippen molar-refractivity contribution >= 4 is 17.6 Å². The van der Waals surface area contributed by atoms with Gasteiger partial charge in [0.2, 0.25) is 0 Å². The van der Waals surface area contributed by atoms with Gasteiger partial charge in [0.05, 0.1) is 18.5 Å². The highest BCUT2D eigenvalue weighted by molar-refractivity contribution is 5.84. The number of nitrogens with one attached hydrogen (secondary N) is 2. The maximum atomic E-state index is 11.1. The van der Waals surface area contributed by atoms with Crippen molar-refractivity contribution in [3.05, 3.63) is 18.3 Å². The van der Waals surface area contributed by atoms with Crippen LogP contribution in [0.25, 0.3) is 0 Å². The van der Waals surface area contributed by atoms with Gasteiger partial charge in [-0.3, -0.25) is 5.32 Å². The number of hydrogen-bond donors (Lipinski definition) is 2. The van der Waals surface area contributed by atoms with Crippen molar-refractivity contribution < 1.29 is 9.53 Å². The van der Waals surface area contributed by atoms with Crippen LogP contribution in [0.15, 0.2) is 18.3 Å². The minimum Gasteiger partial charge on any atom is -0.450 e. The number of amides is 1. The molecule has 0 saturated heterocycles. The van der Waals surface area contributed by atoms with E-state index >= 15 is 0 Å². The molecule has 2 N–H and O–H groups in total. The SMILES string of the molecule is CCOC(=O)Nc1ccc(NC(C)C)nc1. The molecular formula is C11H17N3O2. The Morgan fingerprint density at radius 1 is 1.50 bits per heavy atom. The molecular weight excluding hydrogens is 206 g/mol. The van der Waals surface area contributed by atoms with Crippen molar-refractivity contribution in [1.82, 2.24) is 4.98 Å². The molecule has 0 bridgehead atoms. The Hall–Kier alpha value is -1.78. The number of rotatable bonds is 4. The number of anilines is 2. The van der Waals surface area contributed by atoms with E-state index in [-0.39, 0.29) is 0 Å². The van der Waals surface area contributed by atoms with Gasteiger partial charge in [0.25, 0.3) is 0 Å². The molecule has 0 saturated carbocycles. The topological polar surface area (TPSA) is 63.2 Å². The van der Waals surface area contributed by atoms with E-state index in [2.05, 4.69) is 15.6 Å². The summed E-state index contributed by atoms with van der Waals surface area (Å²) >= 11 is 0. The number of ether oxygens (including phenoxy) is 1. The molecule has 16 heavy (non-hydrogen) atoms.